The molecule has 31 heavy (non-hydrogen) atoms. The van der Waals surface area contributed by atoms with E-state index in [0.717, 1.165) is 5.56 Å². The van der Waals surface area contributed by atoms with Crippen molar-refractivity contribution in [2.75, 3.05) is 46.6 Å². The number of ether oxygens (including phenoxy) is 4. The summed E-state index contributed by atoms with van der Waals surface area (Å²) in [6, 6.07) is 6.79. The third kappa shape index (κ3) is 11.4. The van der Waals surface area contributed by atoms with Gasteiger partial charge in [-0.3, -0.25) is 0 Å². The normalized spacial score (nSPS) is 12.3. The van der Waals surface area contributed by atoms with Crippen LogP contribution in [0.1, 0.15) is 18.9 Å². The first kappa shape index (κ1) is 26.5. The van der Waals surface area contributed by atoms with Crippen molar-refractivity contribution in [2.24, 2.45) is 0 Å². The first-order valence-corrected chi connectivity index (χ1v) is 9.69. The molecule has 1 unspecified atom stereocenters. The van der Waals surface area contributed by atoms with Crippen LogP contribution in [0, 0.1) is 0 Å². The number of methoxy groups -OCH3 is 1. The molecule has 0 saturated heterocycles. The predicted molar refractivity (Wildman–Crippen MR) is 104 cm³/mol. The largest absolute Gasteiger partial charge is 0.492 e. The molecule has 0 bridgehead atoms. The lowest BCUT2D eigenvalue weighted by Gasteiger charge is -2.21. The van der Waals surface area contributed by atoms with Gasteiger partial charge in [-0.2, -0.15) is 13.2 Å². The van der Waals surface area contributed by atoms with Crippen LogP contribution in [0.15, 0.2) is 24.3 Å². The lowest BCUT2D eigenvalue weighted by molar-refractivity contribution is -0.174. The first-order chi connectivity index (χ1) is 14.7. The molecule has 176 valence electrons. The first-order valence-electron chi connectivity index (χ1n) is 9.69. The van der Waals surface area contributed by atoms with E-state index in [2.05, 4.69) is 9.47 Å². The number of nitrogens with zero attached hydrogens (tertiary/aromatic N) is 1. The quantitative estimate of drug-likeness (QED) is 0.434. The Kier molecular flexibility index (Phi) is 11.7. The SMILES string of the molecule is CCOC(Cc1ccc(OCCN(CCCOCC(F)(F)F)C(=O)OC)cc1)C(=O)O. The average Bonchev–Trinajstić information content (AvgIpc) is 2.71. The van der Waals surface area contributed by atoms with Crippen molar-refractivity contribution < 1.29 is 46.8 Å². The molecule has 0 heterocycles. The summed E-state index contributed by atoms with van der Waals surface area (Å²) in [4.78, 5) is 24.3. The second kappa shape index (κ2) is 13.7. The Morgan fingerprint density at radius 2 is 1.81 bits per heavy atom. The minimum Gasteiger partial charge on any atom is -0.492 e. The van der Waals surface area contributed by atoms with E-state index in [4.69, 9.17) is 14.6 Å². The second-order valence-corrected chi connectivity index (χ2v) is 6.46. The highest BCUT2D eigenvalue weighted by molar-refractivity contribution is 5.72. The Labute approximate surface area is 178 Å². The molecule has 8 nitrogen and oxygen atoms in total. The molecule has 0 saturated carbocycles. The number of hydrogen-bond acceptors (Lipinski definition) is 6. The molecule has 1 amide bonds. The van der Waals surface area contributed by atoms with Crippen LogP contribution in [-0.4, -0.2) is 81.0 Å². The van der Waals surface area contributed by atoms with Gasteiger partial charge >= 0.3 is 18.2 Å². The topological polar surface area (TPSA) is 94.5 Å². The number of carbonyl (C=O) groups is 2. The van der Waals surface area contributed by atoms with Gasteiger partial charge < -0.3 is 29.0 Å². The predicted octanol–water partition coefficient (Wildman–Crippen LogP) is 3.14. The molecule has 1 aromatic carbocycles. The maximum atomic E-state index is 12.1. The van der Waals surface area contributed by atoms with Crippen molar-refractivity contribution in [3.63, 3.8) is 0 Å². The minimum absolute atomic E-state index is 0.133. The molecule has 1 atom stereocenters. The van der Waals surface area contributed by atoms with Gasteiger partial charge in [0.05, 0.1) is 13.7 Å². The van der Waals surface area contributed by atoms with Crippen molar-refractivity contribution in [1.29, 1.82) is 0 Å². The Morgan fingerprint density at radius 3 is 2.35 bits per heavy atom. The second-order valence-electron chi connectivity index (χ2n) is 6.46. The summed E-state index contributed by atoms with van der Waals surface area (Å²) in [5.41, 5.74) is 0.767. The summed E-state index contributed by atoms with van der Waals surface area (Å²) in [6.45, 7) is 0.994. The van der Waals surface area contributed by atoms with Gasteiger partial charge in [-0.05, 0) is 31.0 Å². The summed E-state index contributed by atoms with van der Waals surface area (Å²) in [6.07, 6.45) is -5.50. The Balaban J connectivity index is 2.44. The van der Waals surface area contributed by atoms with E-state index in [1.807, 2.05) is 0 Å². The maximum Gasteiger partial charge on any atom is 0.411 e. The van der Waals surface area contributed by atoms with Crippen LogP contribution in [0.5, 0.6) is 5.75 Å². The molecule has 0 aliphatic heterocycles. The number of carbonyl (C=O) groups excluding carboxylic acids is 1. The van der Waals surface area contributed by atoms with E-state index < -0.39 is 30.9 Å². The van der Waals surface area contributed by atoms with Crippen LogP contribution in [-0.2, 0) is 25.4 Å². The van der Waals surface area contributed by atoms with Gasteiger partial charge in [-0.25, -0.2) is 9.59 Å². The number of hydrogen-bond donors (Lipinski definition) is 1. The van der Waals surface area contributed by atoms with Gasteiger partial charge in [0.15, 0.2) is 6.10 Å². The smallest absolute Gasteiger partial charge is 0.411 e. The average molecular weight is 451 g/mol. The lowest BCUT2D eigenvalue weighted by Crippen LogP contribution is -2.36. The Bertz CT molecular complexity index is 668. The number of aliphatic carboxylic acids is 1. The number of rotatable bonds is 14. The van der Waals surface area contributed by atoms with E-state index in [1.165, 1.54) is 12.0 Å². The summed E-state index contributed by atoms with van der Waals surface area (Å²) >= 11 is 0. The van der Waals surface area contributed by atoms with Gasteiger partial charge in [0.1, 0.15) is 19.0 Å². The molecular formula is C20H28F3NO7. The summed E-state index contributed by atoms with van der Waals surface area (Å²) in [7, 11) is 1.21. The minimum atomic E-state index is -4.39. The van der Waals surface area contributed by atoms with E-state index in [1.54, 1.807) is 31.2 Å². The number of halogens is 3. The number of alkyl halides is 3. The van der Waals surface area contributed by atoms with E-state index >= 15 is 0 Å². The van der Waals surface area contributed by atoms with E-state index in [9.17, 15) is 22.8 Å². The Morgan fingerprint density at radius 1 is 1.13 bits per heavy atom. The maximum absolute atomic E-state index is 12.1. The molecule has 1 aromatic rings. The van der Waals surface area contributed by atoms with Crippen molar-refractivity contribution in [3.05, 3.63) is 29.8 Å². The van der Waals surface area contributed by atoms with Crippen LogP contribution in [0.3, 0.4) is 0 Å². The highest BCUT2D eigenvalue weighted by atomic mass is 19.4. The molecule has 11 heteroatoms. The molecule has 0 aliphatic carbocycles. The molecule has 1 rings (SSSR count). The van der Waals surface area contributed by atoms with Gasteiger partial charge in [0.2, 0.25) is 0 Å². The molecule has 0 fully saturated rings. The zero-order valence-corrected chi connectivity index (χ0v) is 17.5. The monoisotopic (exact) mass is 451 g/mol. The fraction of sp³-hybridized carbons (Fsp3) is 0.600. The van der Waals surface area contributed by atoms with E-state index in [-0.39, 0.29) is 39.1 Å². The number of benzene rings is 1. The molecular weight excluding hydrogens is 423 g/mol. The number of carboxylic acids is 1. The van der Waals surface area contributed by atoms with Crippen LogP contribution in [0.2, 0.25) is 0 Å². The molecule has 1 N–H and O–H groups in total. The number of carboxylic acid groups (broad SMARTS) is 1. The van der Waals surface area contributed by atoms with Gasteiger partial charge in [0, 0.05) is 26.2 Å². The standard InChI is InChI=1S/C20H28F3NO7/c1-3-30-17(18(25)26)13-15-5-7-16(8-6-15)31-12-10-24(19(27)28-2)9-4-11-29-14-20(21,22)23/h5-8,17H,3-4,9-14H2,1-2H3,(H,25,26). The Hall–Kier alpha value is -2.53. The van der Waals surface area contributed by atoms with Gasteiger partial charge in [-0.15, -0.1) is 0 Å². The zero-order valence-electron chi connectivity index (χ0n) is 17.5. The third-order valence-corrected chi connectivity index (χ3v) is 4.03. The molecule has 0 radical (unpaired) electrons. The molecule has 0 aliphatic rings. The van der Waals surface area contributed by atoms with Crippen LogP contribution in [0.4, 0.5) is 18.0 Å². The highest BCUT2D eigenvalue weighted by Crippen LogP contribution is 2.16. The molecule has 0 spiro atoms. The van der Waals surface area contributed by atoms with Crippen molar-refractivity contribution in [2.45, 2.75) is 32.0 Å². The number of amides is 1. The van der Waals surface area contributed by atoms with Gasteiger partial charge in [-0.1, -0.05) is 12.1 Å². The van der Waals surface area contributed by atoms with Crippen LogP contribution < -0.4 is 4.74 Å². The van der Waals surface area contributed by atoms with Gasteiger partial charge in [0.25, 0.3) is 0 Å². The molecule has 0 aromatic heterocycles. The van der Waals surface area contributed by atoms with Crippen LogP contribution >= 0.6 is 0 Å². The van der Waals surface area contributed by atoms with Crippen molar-refractivity contribution in [3.8, 4) is 5.75 Å². The fourth-order valence-electron chi connectivity index (χ4n) is 2.60. The summed E-state index contributed by atoms with van der Waals surface area (Å²) in [5, 5.41) is 9.13. The third-order valence-electron chi connectivity index (χ3n) is 4.03. The summed E-state index contributed by atoms with van der Waals surface area (Å²) < 4.78 is 56.1. The highest BCUT2D eigenvalue weighted by Gasteiger charge is 2.27. The zero-order chi connectivity index (χ0) is 23.3. The van der Waals surface area contributed by atoms with Crippen molar-refractivity contribution in [1.82, 2.24) is 4.90 Å². The lowest BCUT2D eigenvalue weighted by atomic mass is 10.1. The summed E-state index contributed by atoms with van der Waals surface area (Å²) in [5.74, 6) is -0.515. The fourth-order valence-corrected chi connectivity index (χ4v) is 2.60. The van der Waals surface area contributed by atoms with E-state index in [0.29, 0.717) is 12.4 Å². The van der Waals surface area contributed by atoms with Crippen molar-refractivity contribution >= 4 is 12.1 Å². The van der Waals surface area contributed by atoms with Crippen LogP contribution in [0.25, 0.3) is 0 Å².